The van der Waals surface area contributed by atoms with E-state index in [4.69, 9.17) is 9.84 Å². The summed E-state index contributed by atoms with van der Waals surface area (Å²) in [6.45, 7) is 1.90. The van der Waals surface area contributed by atoms with Gasteiger partial charge in [-0.15, -0.1) is 0 Å². The zero-order chi connectivity index (χ0) is 13.8. The molecule has 2 N–H and O–H groups in total. The molecule has 98 valence electrons. The summed E-state index contributed by atoms with van der Waals surface area (Å²) >= 11 is 0. The average molecular weight is 258 g/mol. The quantitative estimate of drug-likeness (QED) is 0.884. The third-order valence-electron chi connectivity index (χ3n) is 2.74. The Balaban J connectivity index is 2.31. The van der Waals surface area contributed by atoms with Crippen molar-refractivity contribution < 1.29 is 19.7 Å². The van der Waals surface area contributed by atoms with Gasteiger partial charge in [0.1, 0.15) is 5.75 Å². The molecule has 0 atom stereocenters. The van der Waals surface area contributed by atoms with Gasteiger partial charge in [-0.1, -0.05) is 30.3 Å². The Hall–Kier alpha value is -2.49. The highest BCUT2D eigenvalue weighted by atomic mass is 16.5. The average Bonchev–Trinajstić information content (AvgIpc) is 2.36. The van der Waals surface area contributed by atoms with Crippen molar-refractivity contribution in [1.82, 2.24) is 0 Å². The number of rotatable bonds is 4. The van der Waals surface area contributed by atoms with Crippen LogP contribution in [0.2, 0.25) is 0 Å². The minimum absolute atomic E-state index is 0.131. The first-order valence-electron chi connectivity index (χ1n) is 5.84. The van der Waals surface area contributed by atoms with E-state index in [0.29, 0.717) is 11.3 Å². The van der Waals surface area contributed by atoms with Gasteiger partial charge in [0.15, 0.2) is 11.5 Å². The van der Waals surface area contributed by atoms with Crippen LogP contribution in [0.25, 0.3) is 0 Å². The molecule has 0 amide bonds. The number of ether oxygens (including phenoxy) is 1. The molecule has 0 saturated heterocycles. The van der Waals surface area contributed by atoms with Crippen LogP contribution >= 0.6 is 0 Å². The summed E-state index contributed by atoms with van der Waals surface area (Å²) in [7, 11) is 0. The summed E-state index contributed by atoms with van der Waals surface area (Å²) in [4.78, 5) is 10.7. The molecular weight excluding hydrogens is 244 g/mol. The molecule has 0 fully saturated rings. The van der Waals surface area contributed by atoms with E-state index in [1.165, 1.54) is 0 Å². The fourth-order valence-corrected chi connectivity index (χ4v) is 1.75. The number of benzene rings is 2. The largest absolute Gasteiger partial charge is 0.504 e. The first-order valence-corrected chi connectivity index (χ1v) is 5.84. The van der Waals surface area contributed by atoms with Gasteiger partial charge in [-0.05, 0) is 24.6 Å². The zero-order valence-corrected chi connectivity index (χ0v) is 10.5. The molecule has 2 rings (SSSR count). The lowest BCUT2D eigenvalue weighted by molar-refractivity contribution is -0.136. The third-order valence-corrected chi connectivity index (χ3v) is 2.74. The van der Waals surface area contributed by atoms with Gasteiger partial charge in [-0.2, -0.15) is 0 Å². The molecule has 4 nitrogen and oxygen atoms in total. The van der Waals surface area contributed by atoms with Gasteiger partial charge in [-0.25, -0.2) is 0 Å². The van der Waals surface area contributed by atoms with Crippen LogP contribution in [0.15, 0.2) is 42.5 Å². The van der Waals surface area contributed by atoms with E-state index >= 15 is 0 Å². The molecule has 0 unspecified atom stereocenters. The number of hydrogen-bond acceptors (Lipinski definition) is 3. The predicted octanol–water partition coefficient (Wildman–Crippen LogP) is 3.12. The molecule has 0 spiro atoms. The van der Waals surface area contributed by atoms with Crippen LogP contribution in [0.3, 0.4) is 0 Å². The smallest absolute Gasteiger partial charge is 0.307 e. The summed E-state index contributed by atoms with van der Waals surface area (Å²) in [5.41, 5.74) is 1.27. The third kappa shape index (κ3) is 3.04. The minimum Gasteiger partial charge on any atom is -0.504 e. The second kappa shape index (κ2) is 5.44. The zero-order valence-electron chi connectivity index (χ0n) is 10.5. The maximum Gasteiger partial charge on any atom is 0.307 e. The first kappa shape index (κ1) is 13.0. The standard InChI is InChI=1S/C15H14O4/c1-10-5-2-3-7-12(10)19-13-8-4-6-11(15(13)18)9-14(16)17/h2-8,18H,9H2,1H3,(H,16,17). The van der Waals surface area contributed by atoms with Crippen LogP contribution in [-0.4, -0.2) is 16.2 Å². The van der Waals surface area contributed by atoms with Crippen molar-refractivity contribution in [3.8, 4) is 17.2 Å². The molecule has 2 aromatic rings. The lowest BCUT2D eigenvalue weighted by Crippen LogP contribution is -2.00. The first-order chi connectivity index (χ1) is 9.08. The predicted molar refractivity (Wildman–Crippen MR) is 70.7 cm³/mol. The molecule has 19 heavy (non-hydrogen) atoms. The van der Waals surface area contributed by atoms with Crippen LogP contribution in [0.5, 0.6) is 17.2 Å². The number of carboxylic acid groups (broad SMARTS) is 1. The Morgan fingerprint density at radius 2 is 1.79 bits per heavy atom. The number of para-hydroxylation sites is 2. The highest BCUT2D eigenvalue weighted by molar-refractivity contribution is 5.72. The summed E-state index contributed by atoms with van der Waals surface area (Å²) in [5.74, 6) is -0.241. The fourth-order valence-electron chi connectivity index (χ4n) is 1.75. The summed E-state index contributed by atoms with van der Waals surface area (Å²) in [6.07, 6.45) is -0.239. The Labute approximate surface area is 110 Å². The lowest BCUT2D eigenvalue weighted by Gasteiger charge is -2.11. The van der Waals surface area contributed by atoms with E-state index in [9.17, 15) is 9.90 Å². The number of carbonyl (C=O) groups is 1. The van der Waals surface area contributed by atoms with Crippen LogP contribution < -0.4 is 4.74 Å². The van der Waals surface area contributed by atoms with E-state index < -0.39 is 5.97 Å². The molecule has 0 aliphatic heterocycles. The maximum atomic E-state index is 10.7. The van der Waals surface area contributed by atoms with Crippen LogP contribution in [0, 0.1) is 6.92 Å². The van der Waals surface area contributed by atoms with Crippen LogP contribution in [-0.2, 0) is 11.2 Å². The van der Waals surface area contributed by atoms with Crippen LogP contribution in [0.4, 0.5) is 0 Å². The lowest BCUT2D eigenvalue weighted by atomic mass is 10.1. The van der Waals surface area contributed by atoms with E-state index in [0.717, 1.165) is 5.56 Å². The Kier molecular flexibility index (Phi) is 3.71. The molecule has 0 radical (unpaired) electrons. The highest BCUT2D eigenvalue weighted by Crippen LogP contribution is 2.34. The Bertz CT molecular complexity index is 605. The van der Waals surface area contributed by atoms with Gasteiger partial charge in [-0.3, -0.25) is 4.79 Å². The van der Waals surface area contributed by atoms with Crippen molar-refractivity contribution in [3.63, 3.8) is 0 Å². The number of carboxylic acids is 1. The molecule has 0 aliphatic rings. The summed E-state index contributed by atoms with van der Waals surface area (Å²) in [5, 5.41) is 18.8. The van der Waals surface area contributed by atoms with E-state index in [1.807, 2.05) is 25.1 Å². The number of aliphatic carboxylic acids is 1. The number of phenols is 1. The maximum absolute atomic E-state index is 10.7. The molecule has 0 heterocycles. The molecule has 0 saturated carbocycles. The molecule has 0 bridgehead atoms. The van der Waals surface area contributed by atoms with Crippen molar-refractivity contribution in [2.75, 3.05) is 0 Å². The van der Waals surface area contributed by atoms with Crippen molar-refractivity contribution in [3.05, 3.63) is 53.6 Å². The molecule has 2 aromatic carbocycles. The van der Waals surface area contributed by atoms with Crippen molar-refractivity contribution in [2.45, 2.75) is 13.3 Å². The van der Waals surface area contributed by atoms with Crippen molar-refractivity contribution >= 4 is 5.97 Å². The minimum atomic E-state index is -0.997. The molecule has 0 aromatic heterocycles. The summed E-state index contributed by atoms with van der Waals surface area (Å²) < 4.78 is 5.62. The SMILES string of the molecule is Cc1ccccc1Oc1cccc(CC(=O)O)c1O. The van der Waals surface area contributed by atoms with E-state index in [2.05, 4.69) is 0 Å². The van der Waals surface area contributed by atoms with Crippen molar-refractivity contribution in [1.29, 1.82) is 0 Å². The van der Waals surface area contributed by atoms with Gasteiger partial charge >= 0.3 is 5.97 Å². The normalized spacial score (nSPS) is 10.2. The molecule has 0 aliphatic carbocycles. The molecular formula is C15H14O4. The Morgan fingerprint density at radius 3 is 2.47 bits per heavy atom. The molecule has 4 heteroatoms. The fraction of sp³-hybridized carbons (Fsp3) is 0.133. The second-order valence-corrected chi connectivity index (χ2v) is 4.20. The van der Waals surface area contributed by atoms with Gasteiger partial charge in [0.2, 0.25) is 0 Å². The van der Waals surface area contributed by atoms with E-state index in [-0.39, 0.29) is 17.9 Å². The number of hydrogen-bond donors (Lipinski definition) is 2. The topological polar surface area (TPSA) is 66.8 Å². The van der Waals surface area contributed by atoms with Gasteiger partial charge in [0.25, 0.3) is 0 Å². The highest BCUT2D eigenvalue weighted by Gasteiger charge is 2.12. The van der Waals surface area contributed by atoms with Crippen LogP contribution in [0.1, 0.15) is 11.1 Å². The summed E-state index contributed by atoms with van der Waals surface area (Å²) in [6, 6.07) is 12.2. The number of phenolic OH excluding ortho intramolecular Hbond substituents is 1. The van der Waals surface area contributed by atoms with Crippen molar-refractivity contribution in [2.24, 2.45) is 0 Å². The van der Waals surface area contributed by atoms with Gasteiger partial charge < -0.3 is 14.9 Å². The Morgan fingerprint density at radius 1 is 1.11 bits per heavy atom. The van der Waals surface area contributed by atoms with Gasteiger partial charge in [0.05, 0.1) is 6.42 Å². The van der Waals surface area contributed by atoms with Gasteiger partial charge in [0, 0.05) is 5.56 Å². The number of aryl methyl sites for hydroxylation is 1. The second-order valence-electron chi connectivity index (χ2n) is 4.20. The monoisotopic (exact) mass is 258 g/mol. The number of aromatic hydroxyl groups is 1. The van der Waals surface area contributed by atoms with E-state index in [1.54, 1.807) is 24.3 Å².